The number of thiazole rings is 1. The van der Waals surface area contributed by atoms with E-state index in [4.69, 9.17) is 16.3 Å². The Bertz CT molecular complexity index is 323. The smallest absolute Gasteiger partial charge is 0.185 e. The highest BCUT2D eigenvalue weighted by Crippen LogP contribution is 2.26. The van der Waals surface area contributed by atoms with Crippen LogP contribution >= 0.6 is 22.9 Å². The second-order valence-corrected chi connectivity index (χ2v) is 5.22. The number of rotatable bonds is 2. The lowest BCUT2D eigenvalue weighted by molar-refractivity contribution is 0.0554. The molecule has 84 valence electrons. The van der Waals surface area contributed by atoms with Crippen LogP contribution in [0, 0.1) is 13.8 Å². The molecule has 1 aliphatic heterocycles. The van der Waals surface area contributed by atoms with Crippen molar-refractivity contribution in [1.29, 1.82) is 0 Å². The molecule has 1 saturated heterocycles. The second-order valence-electron chi connectivity index (χ2n) is 3.73. The van der Waals surface area contributed by atoms with Crippen LogP contribution < -0.4 is 4.90 Å². The van der Waals surface area contributed by atoms with Gasteiger partial charge in [-0.25, -0.2) is 4.98 Å². The number of hydrogen-bond donors (Lipinski definition) is 0. The first kappa shape index (κ1) is 11.2. The molecule has 0 aromatic carbocycles. The van der Waals surface area contributed by atoms with Gasteiger partial charge in [0.1, 0.15) is 0 Å². The van der Waals surface area contributed by atoms with E-state index in [1.165, 1.54) is 4.88 Å². The third-order valence-corrected chi connectivity index (χ3v) is 4.08. The van der Waals surface area contributed by atoms with Crippen molar-refractivity contribution in [2.75, 3.05) is 30.5 Å². The van der Waals surface area contributed by atoms with E-state index in [0.717, 1.165) is 30.5 Å². The van der Waals surface area contributed by atoms with Crippen LogP contribution in [0.3, 0.4) is 0 Å². The third-order valence-electron chi connectivity index (χ3n) is 2.60. The molecule has 0 N–H and O–H groups in total. The predicted octanol–water partition coefficient (Wildman–Crippen LogP) is 2.20. The summed E-state index contributed by atoms with van der Waals surface area (Å²) < 4.78 is 5.52. The minimum Gasteiger partial charge on any atom is -0.373 e. The Morgan fingerprint density at radius 1 is 1.60 bits per heavy atom. The molecule has 1 aromatic heterocycles. The summed E-state index contributed by atoms with van der Waals surface area (Å²) in [6, 6.07) is 0. The van der Waals surface area contributed by atoms with E-state index in [0.29, 0.717) is 5.88 Å². The van der Waals surface area contributed by atoms with Gasteiger partial charge in [-0.2, -0.15) is 0 Å². The maximum atomic E-state index is 5.80. The van der Waals surface area contributed by atoms with Gasteiger partial charge >= 0.3 is 0 Å². The summed E-state index contributed by atoms with van der Waals surface area (Å²) in [5.41, 5.74) is 1.13. The minimum absolute atomic E-state index is 0.143. The summed E-state index contributed by atoms with van der Waals surface area (Å²) in [7, 11) is 0. The lowest BCUT2D eigenvalue weighted by Crippen LogP contribution is -2.43. The topological polar surface area (TPSA) is 25.4 Å². The van der Waals surface area contributed by atoms with E-state index < -0.39 is 0 Å². The van der Waals surface area contributed by atoms with Gasteiger partial charge in [-0.3, -0.25) is 0 Å². The van der Waals surface area contributed by atoms with Gasteiger partial charge in [0.15, 0.2) is 5.13 Å². The van der Waals surface area contributed by atoms with Crippen LogP contribution in [0.2, 0.25) is 0 Å². The van der Waals surface area contributed by atoms with Crippen molar-refractivity contribution in [3.05, 3.63) is 10.6 Å². The average molecular weight is 247 g/mol. The van der Waals surface area contributed by atoms with Crippen LogP contribution in [-0.4, -0.2) is 36.7 Å². The van der Waals surface area contributed by atoms with Gasteiger partial charge in [-0.1, -0.05) is 0 Å². The molecule has 1 fully saturated rings. The van der Waals surface area contributed by atoms with Gasteiger partial charge < -0.3 is 9.64 Å². The molecule has 2 heterocycles. The molecule has 0 aliphatic carbocycles. The average Bonchev–Trinajstić information content (AvgIpc) is 2.59. The van der Waals surface area contributed by atoms with E-state index >= 15 is 0 Å². The molecule has 1 unspecified atom stereocenters. The van der Waals surface area contributed by atoms with Crippen molar-refractivity contribution >= 4 is 28.1 Å². The minimum atomic E-state index is 0.143. The molecule has 2 rings (SSSR count). The first-order valence-corrected chi connectivity index (χ1v) is 6.42. The SMILES string of the molecule is Cc1nc(N2CCOC(CCl)C2)sc1C. The summed E-state index contributed by atoms with van der Waals surface area (Å²) >= 11 is 7.55. The highest BCUT2D eigenvalue weighted by Gasteiger charge is 2.22. The fraction of sp³-hybridized carbons (Fsp3) is 0.700. The molecule has 0 bridgehead atoms. The van der Waals surface area contributed by atoms with Crippen LogP contribution in [0.5, 0.6) is 0 Å². The highest BCUT2D eigenvalue weighted by atomic mass is 35.5. The first-order chi connectivity index (χ1) is 7.20. The lowest BCUT2D eigenvalue weighted by atomic mass is 10.3. The highest BCUT2D eigenvalue weighted by molar-refractivity contribution is 7.15. The summed E-state index contributed by atoms with van der Waals surface area (Å²) in [5.74, 6) is 0.555. The summed E-state index contributed by atoms with van der Waals surface area (Å²) in [6.07, 6.45) is 0.143. The lowest BCUT2D eigenvalue weighted by Gasteiger charge is -2.31. The number of morpholine rings is 1. The third kappa shape index (κ3) is 2.44. The normalized spacial score (nSPS) is 22.1. The van der Waals surface area contributed by atoms with Crippen LogP contribution in [-0.2, 0) is 4.74 Å². The van der Waals surface area contributed by atoms with Gasteiger partial charge in [0.2, 0.25) is 0 Å². The molecule has 3 nitrogen and oxygen atoms in total. The molecule has 0 spiro atoms. The van der Waals surface area contributed by atoms with Crippen molar-refractivity contribution in [3.63, 3.8) is 0 Å². The maximum absolute atomic E-state index is 5.80. The fourth-order valence-electron chi connectivity index (χ4n) is 1.58. The monoisotopic (exact) mass is 246 g/mol. The van der Waals surface area contributed by atoms with Crippen LogP contribution in [0.4, 0.5) is 5.13 Å². The standard InChI is InChI=1S/C10H15ClN2OS/c1-7-8(2)15-10(12-7)13-3-4-14-9(5-11)6-13/h9H,3-6H2,1-2H3. The van der Waals surface area contributed by atoms with Crippen molar-refractivity contribution < 1.29 is 4.74 Å². The molecule has 1 aliphatic rings. The Kier molecular flexibility index (Phi) is 3.49. The van der Waals surface area contributed by atoms with E-state index in [1.807, 2.05) is 0 Å². The number of hydrogen-bond acceptors (Lipinski definition) is 4. The van der Waals surface area contributed by atoms with Crippen LogP contribution in [0.15, 0.2) is 0 Å². The van der Waals surface area contributed by atoms with Crippen LogP contribution in [0.1, 0.15) is 10.6 Å². The van der Waals surface area contributed by atoms with Crippen molar-refractivity contribution in [2.45, 2.75) is 20.0 Å². The fourth-order valence-corrected chi connectivity index (χ4v) is 2.71. The molecular formula is C10H15ClN2OS. The maximum Gasteiger partial charge on any atom is 0.185 e. The number of aromatic nitrogens is 1. The Balaban J connectivity index is 2.09. The number of aryl methyl sites for hydroxylation is 2. The summed E-state index contributed by atoms with van der Waals surface area (Å²) in [5, 5.41) is 1.10. The molecule has 1 atom stereocenters. The Morgan fingerprint density at radius 3 is 3.00 bits per heavy atom. The molecule has 5 heteroatoms. The largest absolute Gasteiger partial charge is 0.373 e. The van der Waals surface area contributed by atoms with Crippen molar-refractivity contribution in [1.82, 2.24) is 4.98 Å². The van der Waals surface area contributed by atoms with E-state index in [2.05, 4.69) is 23.7 Å². The van der Waals surface area contributed by atoms with Gasteiger partial charge in [0, 0.05) is 18.0 Å². The number of nitrogens with zero attached hydrogens (tertiary/aromatic N) is 2. The molecule has 0 saturated carbocycles. The number of halogens is 1. The van der Waals surface area contributed by atoms with Gasteiger partial charge in [0.05, 0.1) is 24.3 Å². The van der Waals surface area contributed by atoms with Gasteiger partial charge in [-0.15, -0.1) is 22.9 Å². The summed E-state index contributed by atoms with van der Waals surface area (Å²) in [4.78, 5) is 8.10. The Hall–Kier alpha value is -0.320. The zero-order valence-electron chi connectivity index (χ0n) is 8.99. The second kappa shape index (κ2) is 4.68. The zero-order chi connectivity index (χ0) is 10.8. The number of alkyl halides is 1. The van der Waals surface area contributed by atoms with Gasteiger partial charge in [-0.05, 0) is 13.8 Å². The first-order valence-electron chi connectivity index (χ1n) is 5.07. The summed E-state index contributed by atoms with van der Waals surface area (Å²) in [6.45, 7) is 6.68. The zero-order valence-corrected chi connectivity index (χ0v) is 10.6. The Morgan fingerprint density at radius 2 is 2.40 bits per heavy atom. The van der Waals surface area contributed by atoms with Crippen LogP contribution in [0.25, 0.3) is 0 Å². The van der Waals surface area contributed by atoms with E-state index in [9.17, 15) is 0 Å². The quantitative estimate of drug-likeness (QED) is 0.749. The Labute approximate surface area is 99.0 Å². The van der Waals surface area contributed by atoms with Crippen molar-refractivity contribution in [3.8, 4) is 0 Å². The number of ether oxygens (including phenoxy) is 1. The van der Waals surface area contributed by atoms with Crippen molar-refractivity contribution in [2.24, 2.45) is 0 Å². The van der Waals surface area contributed by atoms with E-state index in [-0.39, 0.29) is 6.10 Å². The van der Waals surface area contributed by atoms with E-state index in [1.54, 1.807) is 11.3 Å². The van der Waals surface area contributed by atoms with Gasteiger partial charge in [0.25, 0.3) is 0 Å². The molecule has 15 heavy (non-hydrogen) atoms. The molecule has 1 aromatic rings. The molecule has 0 amide bonds. The molecule has 0 radical (unpaired) electrons. The number of anilines is 1. The predicted molar refractivity (Wildman–Crippen MR) is 64.3 cm³/mol. The molecular weight excluding hydrogens is 232 g/mol.